The summed E-state index contributed by atoms with van der Waals surface area (Å²) in [5, 5.41) is 0.233. The van der Waals surface area contributed by atoms with Crippen LogP contribution in [0.25, 0.3) is 0 Å². The molecule has 0 heterocycles. The van der Waals surface area contributed by atoms with Crippen LogP contribution in [-0.2, 0) is 6.42 Å². The van der Waals surface area contributed by atoms with Crippen molar-refractivity contribution >= 4 is 27.5 Å². The number of hydrogen-bond acceptors (Lipinski definition) is 0. The maximum absolute atomic E-state index is 6.33. The Morgan fingerprint density at radius 2 is 2.00 bits per heavy atom. The lowest BCUT2D eigenvalue weighted by atomic mass is 9.88. The molecule has 0 amide bonds. The van der Waals surface area contributed by atoms with Gasteiger partial charge in [0.2, 0.25) is 0 Å². The van der Waals surface area contributed by atoms with Crippen LogP contribution in [0.15, 0.2) is 28.7 Å². The molecule has 0 saturated heterocycles. The van der Waals surface area contributed by atoms with Crippen molar-refractivity contribution < 1.29 is 0 Å². The molecule has 0 aliphatic rings. The van der Waals surface area contributed by atoms with E-state index < -0.39 is 0 Å². The van der Waals surface area contributed by atoms with E-state index >= 15 is 0 Å². The Morgan fingerprint density at radius 1 is 1.33 bits per heavy atom. The lowest BCUT2D eigenvalue weighted by Crippen LogP contribution is -2.21. The van der Waals surface area contributed by atoms with E-state index in [4.69, 9.17) is 11.6 Å². The standard InChI is InChI=1S/C13H18BrCl/c1-13(2,3)12(15)8-7-10-5-4-6-11(14)9-10/h4-6,9,12H,7-8H2,1-3H3. The smallest absolute Gasteiger partial charge is 0.0387 e. The minimum absolute atomic E-state index is 0.188. The Balaban J connectivity index is 2.51. The molecule has 0 aliphatic heterocycles. The monoisotopic (exact) mass is 288 g/mol. The SMILES string of the molecule is CC(C)(C)C(Cl)CCc1cccc(Br)c1. The van der Waals surface area contributed by atoms with Gasteiger partial charge in [0.15, 0.2) is 0 Å². The Labute approximate surface area is 106 Å². The minimum atomic E-state index is 0.188. The molecule has 0 bridgehead atoms. The highest BCUT2D eigenvalue weighted by Crippen LogP contribution is 2.28. The zero-order valence-electron chi connectivity index (χ0n) is 9.56. The van der Waals surface area contributed by atoms with Crippen LogP contribution < -0.4 is 0 Å². The van der Waals surface area contributed by atoms with Crippen LogP contribution in [0.4, 0.5) is 0 Å². The van der Waals surface area contributed by atoms with Gasteiger partial charge >= 0.3 is 0 Å². The van der Waals surface area contributed by atoms with Crippen molar-refractivity contribution in [3.05, 3.63) is 34.3 Å². The van der Waals surface area contributed by atoms with E-state index in [9.17, 15) is 0 Å². The summed E-state index contributed by atoms with van der Waals surface area (Å²) in [6.45, 7) is 6.56. The molecule has 1 aromatic rings. The molecule has 1 rings (SSSR count). The maximum Gasteiger partial charge on any atom is 0.0387 e. The number of halogens is 2. The summed E-state index contributed by atoms with van der Waals surface area (Å²) in [6, 6.07) is 8.43. The first-order valence-electron chi connectivity index (χ1n) is 5.28. The van der Waals surface area contributed by atoms with Crippen molar-refractivity contribution in [3.63, 3.8) is 0 Å². The van der Waals surface area contributed by atoms with Crippen molar-refractivity contribution in [2.24, 2.45) is 5.41 Å². The van der Waals surface area contributed by atoms with Crippen LogP contribution >= 0.6 is 27.5 Å². The van der Waals surface area contributed by atoms with E-state index in [1.54, 1.807) is 0 Å². The predicted molar refractivity (Wildman–Crippen MR) is 71.6 cm³/mol. The molecular formula is C13H18BrCl. The average molecular weight is 290 g/mol. The van der Waals surface area contributed by atoms with Crippen LogP contribution in [0.1, 0.15) is 32.8 Å². The first-order valence-corrected chi connectivity index (χ1v) is 6.51. The molecule has 0 aromatic heterocycles. The summed E-state index contributed by atoms with van der Waals surface area (Å²) in [7, 11) is 0. The van der Waals surface area contributed by atoms with Gasteiger partial charge in [-0.2, -0.15) is 0 Å². The number of benzene rings is 1. The quantitative estimate of drug-likeness (QED) is 0.684. The van der Waals surface area contributed by atoms with Crippen molar-refractivity contribution in [3.8, 4) is 0 Å². The second-order valence-corrected chi connectivity index (χ2v) is 6.44. The number of alkyl halides is 1. The highest BCUT2D eigenvalue weighted by Gasteiger charge is 2.21. The zero-order valence-corrected chi connectivity index (χ0v) is 11.9. The zero-order chi connectivity index (χ0) is 11.5. The highest BCUT2D eigenvalue weighted by atomic mass is 79.9. The van der Waals surface area contributed by atoms with E-state index in [-0.39, 0.29) is 10.8 Å². The van der Waals surface area contributed by atoms with Crippen LogP contribution in [0.2, 0.25) is 0 Å². The van der Waals surface area contributed by atoms with E-state index in [2.05, 4.69) is 54.9 Å². The Kier molecular flexibility index (Phi) is 4.66. The summed E-state index contributed by atoms with van der Waals surface area (Å²) in [5.41, 5.74) is 1.53. The Bertz CT molecular complexity index is 315. The molecule has 2 heteroatoms. The Morgan fingerprint density at radius 3 is 2.53 bits per heavy atom. The molecule has 15 heavy (non-hydrogen) atoms. The van der Waals surface area contributed by atoms with Crippen LogP contribution in [0, 0.1) is 5.41 Å². The number of aryl methyl sites for hydroxylation is 1. The minimum Gasteiger partial charge on any atom is -0.122 e. The third-order valence-electron chi connectivity index (χ3n) is 2.52. The predicted octanol–water partition coefficient (Wildman–Crippen LogP) is 5.04. The van der Waals surface area contributed by atoms with E-state index in [1.165, 1.54) is 5.56 Å². The van der Waals surface area contributed by atoms with E-state index in [0.29, 0.717) is 0 Å². The van der Waals surface area contributed by atoms with Gasteiger partial charge in [-0.25, -0.2) is 0 Å². The fourth-order valence-electron chi connectivity index (χ4n) is 1.42. The molecule has 1 unspecified atom stereocenters. The third kappa shape index (κ3) is 4.56. The van der Waals surface area contributed by atoms with Crippen LogP contribution in [-0.4, -0.2) is 5.38 Å². The lowest BCUT2D eigenvalue weighted by Gasteiger charge is -2.25. The molecule has 0 radical (unpaired) electrons. The normalized spacial score (nSPS) is 13.9. The fourth-order valence-corrected chi connectivity index (χ4v) is 1.97. The van der Waals surface area contributed by atoms with E-state index in [1.807, 2.05) is 6.07 Å². The molecule has 0 N–H and O–H groups in total. The Hall–Kier alpha value is -0.0100. The van der Waals surface area contributed by atoms with Gasteiger partial charge < -0.3 is 0 Å². The van der Waals surface area contributed by atoms with Gasteiger partial charge in [0.25, 0.3) is 0 Å². The van der Waals surface area contributed by atoms with Crippen molar-refractivity contribution in [1.82, 2.24) is 0 Å². The summed E-state index contributed by atoms with van der Waals surface area (Å²) < 4.78 is 1.14. The molecule has 0 spiro atoms. The first kappa shape index (κ1) is 13.1. The van der Waals surface area contributed by atoms with Crippen LogP contribution in [0.3, 0.4) is 0 Å². The van der Waals surface area contributed by atoms with Gasteiger partial charge in [-0.15, -0.1) is 11.6 Å². The molecule has 84 valence electrons. The molecule has 0 fully saturated rings. The van der Waals surface area contributed by atoms with Crippen molar-refractivity contribution in [2.75, 3.05) is 0 Å². The fraction of sp³-hybridized carbons (Fsp3) is 0.538. The van der Waals surface area contributed by atoms with Gasteiger partial charge in [-0.1, -0.05) is 48.8 Å². The largest absolute Gasteiger partial charge is 0.122 e. The summed E-state index contributed by atoms with van der Waals surface area (Å²) in [5.74, 6) is 0. The van der Waals surface area contributed by atoms with Crippen molar-refractivity contribution in [1.29, 1.82) is 0 Å². The maximum atomic E-state index is 6.33. The van der Waals surface area contributed by atoms with Gasteiger partial charge in [0, 0.05) is 9.85 Å². The summed E-state index contributed by atoms with van der Waals surface area (Å²) in [4.78, 5) is 0. The lowest BCUT2D eigenvalue weighted by molar-refractivity contribution is 0.374. The topological polar surface area (TPSA) is 0 Å². The van der Waals surface area contributed by atoms with Gasteiger partial charge in [-0.05, 0) is 36.0 Å². The molecule has 1 atom stereocenters. The van der Waals surface area contributed by atoms with Gasteiger partial charge in [-0.3, -0.25) is 0 Å². The summed E-state index contributed by atoms with van der Waals surface area (Å²) in [6.07, 6.45) is 2.08. The second-order valence-electron chi connectivity index (χ2n) is 5.00. The van der Waals surface area contributed by atoms with Crippen molar-refractivity contribution in [2.45, 2.75) is 39.0 Å². The second kappa shape index (κ2) is 5.36. The van der Waals surface area contributed by atoms with E-state index in [0.717, 1.165) is 17.3 Å². The summed E-state index contributed by atoms with van der Waals surface area (Å²) >= 11 is 9.81. The molecule has 0 nitrogen and oxygen atoms in total. The highest BCUT2D eigenvalue weighted by molar-refractivity contribution is 9.10. The molecule has 1 aromatic carbocycles. The van der Waals surface area contributed by atoms with Gasteiger partial charge in [0.1, 0.15) is 0 Å². The molecule has 0 saturated carbocycles. The first-order chi connectivity index (χ1) is 6.89. The molecule has 0 aliphatic carbocycles. The number of rotatable bonds is 3. The molecular weight excluding hydrogens is 272 g/mol. The van der Waals surface area contributed by atoms with Crippen LogP contribution in [0.5, 0.6) is 0 Å². The average Bonchev–Trinajstić information content (AvgIpc) is 2.12. The van der Waals surface area contributed by atoms with Gasteiger partial charge in [0.05, 0.1) is 0 Å². The number of hydrogen-bond donors (Lipinski definition) is 0. The third-order valence-corrected chi connectivity index (χ3v) is 3.88.